The molecule has 4 heteroatoms. The molecule has 0 spiro atoms. The number of hydrogen-bond acceptors (Lipinski definition) is 4. The second-order valence-corrected chi connectivity index (χ2v) is 5.42. The molecular formula is C12H15N3S. The Kier molecular flexibility index (Phi) is 2.52. The lowest BCUT2D eigenvalue weighted by Crippen LogP contribution is -2.22. The molecule has 2 unspecified atom stereocenters. The summed E-state index contributed by atoms with van der Waals surface area (Å²) < 4.78 is 0. The van der Waals surface area contributed by atoms with Crippen molar-refractivity contribution in [2.24, 2.45) is 5.92 Å². The number of fused-ring (bicyclic) bond motifs is 1. The molecule has 3 nitrogen and oxygen atoms in total. The summed E-state index contributed by atoms with van der Waals surface area (Å²) in [6.07, 6.45) is 5.57. The molecule has 1 aliphatic rings. The van der Waals surface area contributed by atoms with Crippen molar-refractivity contribution in [1.82, 2.24) is 9.97 Å². The summed E-state index contributed by atoms with van der Waals surface area (Å²) in [5, 5.41) is 6.81. The molecule has 2 heterocycles. The van der Waals surface area contributed by atoms with E-state index < -0.39 is 0 Å². The van der Waals surface area contributed by atoms with Crippen LogP contribution >= 0.6 is 11.3 Å². The minimum atomic E-state index is 0.581. The zero-order valence-electron chi connectivity index (χ0n) is 9.31. The van der Waals surface area contributed by atoms with Crippen molar-refractivity contribution in [3.05, 3.63) is 17.8 Å². The fourth-order valence-corrected chi connectivity index (χ4v) is 3.17. The maximum absolute atomic E-state index is 4.36. The lowest BCUT2D eigenvalue weighted by Gasteiger charge is -2.18. The quantitative estimate of drug-likeness (QED) is 0.865. The van der Waals surface area contributed by atoms with Crippen molar-refractivity contribution in [1.29, 1.82) is 0 Å². The maximum Gasteiger partial charge on any atom is 0.138 e. The van der Waals surface area contributed by atoms with Gasteiger partial charge in [-0.25, -0.2) is 9.97 Å². The Morgan fingerprint density at radius 3 is 3.12 bits per heavy atom. The summed E-state index contributed by atoms with van der Waals surface area (Å²) in [7, 11) is 0. The Labute approximate surface area is 98.9 Å². The Morgan fingerprint density at radius 2 is 2.31 bits per heavy atom. The van der Waals surface area contributed by atoms with Gasteiger partial charge in [0.05, 0.1) is 5.39 Å². The normalized spacial score (nSPS) is 25.1. The molecule has 2 aromatic rings. The second kappa shape index (κ2) is 4.01. The topological polar surface area (TPSA) is 37.8 Å². The van der Waals surface area contributed by atoms with Crippen LogP contribution in [0.15, 0.2) is 17.8 Å². The van der Waals surface area contributed by atoms with Gasteiger partial charge in [0.1, 0.15) is 17.0 Å². The van der Waals surface area contributed by atoms with Crippen molar-refractivity contribution in [3.8, 4) is 0 Å². The molecule has 1 N–H and O–H groups in total. The zero-order chi connectivity index (χ0) is 11.0. The van der Waals surface area contributed by atoms with E-state index in [4.69, 9.17) is 0 Å². The number of aromatic nitrogens is 2. The van der Waals surface area contributed by atoms with Crippen LogP contribution in [0, 0.1) is 5.92 Å². The van der Waals surface area contributed by atoms with Gasteiger partial charge in [0.15, 0.2) is 0 Å². The Hall–Kier alpha value is -1.16. The van der Waals surface area contributed by atoms with Crippen LogP contribution in [0.1, 0.15) is 26.2 Å². The predicted molar refractivity (Wildman–Crippen MR) is 67.8 cm³/mol. The van der Waals surface area contributed by atoms with Crippen molar-refractivity contribution in [3.63, 3.8) is 0 Å². The van der Waals surface area contributed by atoms with Crippen molar-refractivity contribution < 1.29 is 0 Å². The highest BCUT2D eigenvalue weighted by atomic mass is 32.1. The third-order valence-corrected chi connectivity index (χ3v) is 4.27. The van der Waals surface area contributed by atoms with E-state index in [1.54, 1.807) is 17.7 Å². The highest BCUT2D eigenvalue weighted by molar-refractivity contribution is 7.16. The third kappa shape index (κ3) is 1.67. The van der Waals surface area contributed by atoms with E-state index in [2.05, 4.69) is 33.7 Å². The highest BCUT2D eigenvalue weighted by Gasteiger charge is 2.23. The number of thiophene rings is 1. The predicted octanol–water partition coefficient (Wildman–Crippen LogP) is 3.29. The fourth-order valence-electron chi connectivity index (χ4n) is 2.44. The van der Waals surface area contributed by atoms with Gasteiger partial charge in [-0.15, -0.1) is 11.3 Å². The van der Waals surface area contributed by atoms with Crippen LogP contribution in [0.5, 0.6) is 0 Å². The summed E-state index contributed by atoms with van der Waals surface area (Å²) in [6, 6.07) is 2.68. The fraction of sp³-hybridized carbons (Fsp3) is 0.500. The van der Waals surface area contributed by atoms with Gasteiger partial charge >= 0.3 is 0 Å². The number of nitrogens with zero attached hydrogens (tertiary/aromatic N) is 2. The number of hydrogen-bond donors (Lipinski definition) is 1. The molecule has 0 aliphatic heterocycles. The first-order valence-corrected chi connectivity index (χ1v) is 6.67. The van der Waals surface area contributed by atoms with Gasteiger partial charge in [0.25, 0.3) is 0 Å². The molecule has 0 amide bonds. The van der Waals surface area contributed by atoms with Crippen molar-refractivity contribution >= 4 is 27.4 Å². The molecule has 1 saturated carbocycles. The van der Waals surface area contributed by atoms with E-state index in [-0.39, 0.29) is 0 Å². The lowest BCUT2D eigenvalue weighted by molar-refractivity contribution is 0.555. The van der Waals surface area contributed by atoms with Crippen LogP contribution < -0.4 is 5.32 Å². The summed E-state index contributed by atoms with van der Waals surface area (Å²) in [5.74, 6) is 1.76. The molecular weight excluding hydrogens is 218 g/mol. The van der Waals surface area contributed by atoms with Crippen LogP contribution in [0.4, 0.5) is 5.82 Å². The molecule has 84 valence electrons. The molecule has 0 radical (unpaired) electrons. The first-order chi connectivity index (χ1) is 7.84. The van der Waals surface area contributed by atoms with Gasteiger partial charge in [0, 0.05) is 6.04 Å². The van der Waals surface area contributed by atoms with Gasteiger partial charge in [0.2, 0.25) is 0 Å². The zero-order valence-corrected chi connectivity index (χ0v) is 10.1. The van der Waals surface area contributed by atoms with E-state index >= 15 is 0 Å². The smallest absolute Gasteiger partial charge is 0.138 e. The van der Waals surface area contributed by atoms with Gasteiger partial charge in [-0.1, -0.05) is 13.3 Å². The third-order valence-electron chi connectivity index (χ3n) is 3.45. The van der Waals surface area contributed by atoms with E-state index in [9.17, 15) is 0 Å². The molecule has 2 atom stereocenters. The summed E-state index contributed by atoms with van der Waals surface area (Å²) >= 11 is 1.67. The Bertz CT molecular complexity index is 494. The van der Waals surface area contributed by atoms with Gasteiger partial charge < -0.3 is 5.32 Å². The molecule has 16 heavy (non-hydrogen) atoms. The summed E-state index contributed by atoms with van der Waals surface area (Å²) in [5.41, 5.74) is 0. The number of anilines is 1. The van der Waals surface area contributed by atoms with Gasteiger partial charge in [-0.05, 0) is 30.2 Å². The molecule has 2 aromatic heterocycles. The monoisotopic (exact) mass is 233 g/mol. The first-order valence-electron chi connectivity index (χ1n) is 5.79. The molecule has 0 aromatic carbocycles. The average molecular weight is 233 g/mol. The van der Waals surface area contributed by atoms with Crippen LogP contribution in [-0.4, -0.2) is 16.0 Å². The van der Waals surface area contributed by atoms with Crippen molar-refractivity contribution in [2.45, 2.75) is 32.2 Å². The van der Waals surface area contributed by atoms with E-state index in [1.165, 1.54) is 19.3 Å². The standard InChI is InChI=1S/C12H15N3S/c1-8-3-2-4-10(8)15-11-9-5-6-16-12(9)14-7-13-11/h5-8,10H,2-4H2,1H3,(H,13,14,15). The summed E-state index contributed by atoms with van der Waals surface area (Å²) in [4.78, 5) is 9.70. The minimum absolute atomic E-state index is 0.581. The Balaban J connectivity index is 1.91. The van der Waals surface area contributed by atoms with Crippen LogP contribution in [-0.2, 0) is 0 Å². The molecule has 0 saturated heterocycles. The largest absolute Gasteiger partial charge is 0.366 e. The summed E-state index contributed by atoms with van der Waals surface area (Å²) in [6.45, 7) is 2.32. The molecule has 1 fully saturated rings. The average Bonchev–Trinajstić information content (AvgIpc) is 2.89. The van der Waals surface area contributed by atoms with Crippen LogP contribution in [0.25, 0.3) is 10.2 Å². The van der Waals surface area contributed by atoms with E-state index in [1.807, 2.05) is 0 Å². The van der Waals surface area contributed by atoms with E-state index in [0.29, 0.717) is 6.04 Å². The lowest BCUT2D eigenvalue weighted by atomic mass is 10.1. The first kappa shape index (κ1) is 10.0. The Morgan fingerprint density at radius 1 is 1.38 bits per heavy atom. The highest BCUT2D eigenvalue weighted by Crippen LogP contribution is 2.30. The molecule has 3 rings (SSSR count). The van der Waals surface area contributed by atoms with Crippen molar-refractivity contribution in [2.75, 3.05) is 5.32 Å². The SMILES string of the molecule is CC1CCCC1Nc1ncnc2sccc12. The van der Waals surface area contributed by atoms with Gasteiger partial charge in [-0.3, -0.25) is 0 Å². The molecule has 1 aliphatic carbocycles. The number of rotatable bonds is 2. The number of nitrogens with one attached hydrogen (secondary N) is 1. The van der Waals surface area contributed by atoms with Crippen LogP contribution in [0.2, 0.25) is 0 Å². The van der Waals surface area contributed by atoms with E-state index in [0.717, 1.165) is 22.0 Å². The second-order valence-electron chi connectivity index (χ2n) is 4.52. The molecule has 0 bridgehead atoms. The minimum Gasteiger partial charge on any atom is -0.366 e. The maximum atomic E-state index is 4.36. The van der Waals surface area contributed by atoms with Gasteiger partial charge in [-0.2, -0.15) is 0 Å². The van der Waals surface area contributed by atoms with Crippen LogP contribution in [0.3, 0.4) is 0 Å².